The summed E-state index contributed by atoms with van der Waals surface area (Å²) in [6.45, 7) is 4.54. The zero-order valence-electron chi connectivity index (χ0n) is 10.9. The van der Waals surface area contributed by atoms with E-state index in [2.05, 4.69) is 17.7 Å². The van der Waals surface area contributed by atoms with Crippen LogP contribution in [0.2, 0.25) is 0 Å². The first-order valence-corrected chi connectivity index (χ1v) is 5.57. The van der Waals surface area contributed by atoms with Crippen LogP contribution in [0.25, 0.3) is 0 Å². The third-order valence-electron chi connectivity index (χ3n) is 2.74. The normalized spacial score (nSPS) is 12.1. The van der Waals surface area contributed by atoms with Gasteiger partial charge in [0.1, 0.15) is 6.04 Å². The second kappa shape index (κ2) is 5.68. The smallest absolute Gasteiger partial charge is 0.324 e. The molecule has 1 atom stereocenters. The first-order chi connectivity index (χ1) is 7.95. The molecule has 0 bridgehead atoms. The molecule has 0 aliphatic carbocycles. The van der Waals surface area contributed by atoms with Gasteiger partial charge in [-0.15, -0.1) is 0 Å². The fraction of sp³-hybridized carbons (Fsp3) is 0.462. The van der Waals surface area contributed by atoms with E-state index < -0.39 is 6.04 Å². The molecule has 1 aromatic rings. The van der Waals surface area contributed by atoms with Gasteiger partial charge in [0.2, 0.25) is 0 Å². The SMILES string of the molecule is COC(=O)C(N)CN(C)c1ccc(C)cc1C. The van der Waals surface area contributed by atoms with E-state index in [1.807, 2.05) is 31.0 Å². The molecule has 0 fully saturated rings. The van der Waals surface area contributed by atoms with Crippen molar-refractivity contribution in [2.45, 2.75) is 19.9 Å². The van der Waals surface area contributed by atoms with Crippen molar-refractivity contribution in [2.75, 3.05) is 25.6 Å². The zero-order chi connectivity index (χ0) is 13.0. The Bertz CT molecular complexity index is 404. The van der Waals surface area contributed by atoms with Crippen LogP contribution in [0.5, 0.6) is 0 Å². The first-order valence-electron chi connectivity index (χ1n) is 5.57. The summed E-state index contributed by atoms with van der Waals surface area (Å²) in [7, 11) is 3.26. The van der Waals surface area contributed by atoms with Crippen LogP contribution < -0.4 is 10.6 Å². The maximum absolute atomic E-state index is 11.2. The molecule has 4 nitrogen and oxygen atoms in total. The van der Waals surface area contributed by atoms with Crippen molar-refractivity contribution in [1.29, 1.82) is 0 Å². The Balaban J connectivity index is 2.76. The maximum atomic E-state index is 11.2. The van der Waals surface area contributed by atoms with Gasteiger partial charge >= 0.3 is 5.97 Å². The topological polar surface area (TPSA) is 55.6 Å². The molecule has 2 N–H and O–H groups in total. The van der Waals surface area contributed by atoms with E-state index in [0.29, 0.717) is 6.54 Å². The van der Waals surface area contributed by atoms with Gasteiger partial charge < -0.3 is 15.4 Å². The van der Waals surface area contributed by atoms with E-state index in [9.17, 15) is 4.79 Å². The number of aryl methyl sites for hydroxylation is 2. The molecule has 0 saturated carbocycles. The van der Waals surface area contributed by atoms with Crippen molar-refractivity contribution in [3.05, 3.63) is 29.3 Å². The number of rotatable bonds is 4. The highest BCUT2D eigenvalue weighted by molar-refractivity contribution is 5.76. The lowest BCUT2D eigenvalue weighted by Crippen LogP contribution is -2.42. The molecule has 0 heterocycles. The summed E-state index contributed by atoms with van der Waals surface area (Å²) in [5, 5.41) is 0. The minimum absolute atomic E-state index is 0.387. The average molecular weight is 236 g/mol. The highest BCUT2D eigenvalue weighted by atomic mass is 16.5. The summed E-state index contributed by atoms with van der Waals surface area (Å²) < 4.78 is 4.61. The maximum Gasteiger partial charge on any atom is 0.324 e. The van der Waals surface area contributed by atoms with Gasteiger partial charge in [-0.2, -0.15) is 0 Å². The van der Waals surface area contributed by atoms with Gasteiger partial charge in [-0.25, -0.2) is 0 Å². The molecule has 1 aromatic carbocycles. The number of ether oxygens (including phenoxy) is 1. The summed E-state index contributed by atoms with van der Waals surface area (Å²) in [6, 6.07) is 5.57. The van der Waals surface area contributed by atoms with Crippen LogP contribution >= 0.6 is 0 Å². The summed E-state index contributed by atoms with van der Waals surface area (Å²) in [4.78, 5) is 13.2. The van der Waals surface area contributed by atoms with E-state index in [0.717, 1.165) is 5.69 Å². The number of hydrogen-bond acceptors (Lipinski definition) is 4. The molecule has 94 valence electrons. The summed E-state index contributed by atoms with van der Waals surface area (Å²) in [5.41, 5.74) is 9.20. The molecular formula is C13H20N2O2. The third-order valence-corrected chi connectivity index (χ3v) is 2.74. The number of benzene rings is 1. The summed E-state index contributed by atoms with van der Waals surface area (Å²) in [5.74, 6) is -0.387. The van der Waals surface area contributed by atoms with Gasteiger partial charge in [-0.05, 0) is 25.5 Å². The van der Waals surface area contributed by atoms with Gasteiger partial charge in [-0.3, -0.25) is 4.79 Å². The lowest BCUT2D eigenvalue weighted by molar-refractivity contribution is -0.141. The van der Waals surface area contributed by atoms with Crippen LogP contribution in [0.15, 0.2) is 18.2 Å². The number of hydrogen-bond donors (Lipinski definition) is 1. The Hall–Kier alpha value is -1.55. The van der Waals surface area contributed by atoms with Crippen LogP contribution in [0.4, 0.5) is 5.69 Å². The minimum Gasteiger partial charge on any atom is -0.468 e. The monoisotopic (exact) mass is 236 g/mol. The number of methoxy groups -OCH3 is 1. The Morgan fingerprint density at radius 1 is 1.47 bits per heavy atom. The van der Waals surface area contributed by atoms with Crippen LogP contribution in [0.3, 0.4) is 0 Å². The fourth-order valence-corrected chi connectivity index (χ4v) is 1.85. The summed E-state index contributed by atoms with van der Waals surface area (Å²) >= 11 is 0. The van der Waals surface area contributed by atoms with Crippen LogP contribution in [-0.4, -0.2) is 32.7 Å². The lowest BCUT2D eigenvalue weighted by atomic mass is 10.1. The molecule has 1 rings (SSSR count). The van der Waals surface area contributed by atoms with E-state index in [1.54, 1.807) is 0 Å². The molecular weight excluding hydrogens is 216 g/mol. The predicted molar refractivity (Wildman–Crippen MR) is 69.2 cm³/mol. The lowest BCUT2D eigenvalue weighted by Gasteiger charge is -2.24. The Morgan fingerprint density at radius 3 is 2.65 bits per heavy atom. The molecule has 0 spiro atoms. The highest BCUT2D eigenvalue weighted by Crippen LogP contribution is 2.19. The number of carbonyl (C=O) groups excluding carboxylic acids is 1. The molecule has 17 heavy (non-hydrogen) atoms. The van der Waals surface area contributed by atoms with Gasteiger partial charge in [0.25, 0.3) is 0 Å². The van der Waals surface area contributed by atoms with Gasteiger partial charge in [-0.1, -0.05) is 17.7 Å². The van der Waals surface area contributed by atoms with Crippen LogP contribution in [-0.2, 0) is 9.53 Å². The first kappa shape index (κ1) is 13.5. The number of carbonyl (C=O) groups is 1. The predicted octanol–water partition coefficient (Wildman–Crippen LogP) is 1.24. The van der Waals surface area contributed by atoms with E-state index >= 15 is 0 Å². The van der Waals surface area contributed by atoms with Crippen molar-refractivity contribution >= 4 is 11.7 Å². The van der Waals surface area contributed by atoms with Crippen molar-refractivity contribution in [3.8, 4) is 0 Å². The van der Waals surface area contributed by atoms with Crippen molar-refractivity contribution in [1.82, 2.24) is 0 Å². The number of nitrogens with zero attached hydrogens (tertiary/aromatic N) is 1. The Labute approximate surface area is 102 Å². The number of likely N-dealkylation sites (N-methyl/N-ethyl adjacent to an activating group) is 1. The third kappa shape index (κ3) is 3.46. The number of anilines is 1. The molecule has 0 aliphatic rings. The second-order valence-electron chi connectivity index (χ2n) is 4.30. The van der Waals surface area contributed by atoms with Crippen LogP contribution in [0, 0.1) is 13.8 Å². The average Bonchev–Trinajstić information content (AvgIpc) is 2.27. The number of esters is 1. The standard InChI is InChI=1S/C13H20N2O2/c1-9-5-6-12(10(2)7-9)15(3)8-11(14)13(16)17-4/h5-7,11H,8,14H2,1-4H3. The highest BCUT2D eigenvalue weighted by Gasteiger charge is 2.16. The molecule has 0 radical (unpaired) electrons. The van der Waals surface area contributed by atoms with E-state index in [-0.39, 0.29) is 5.97 Å². The second-order valence-corrected chi connectivity index (χ2v) is 4.30. The minimum atomic E-state index is -0.620. The van der Waals surface area contributed by atoms with Gasteiger partial charge in [0, 0.05) is 19.3 Å². The van der Waals surface area contributed by atoms with Crippen LogP contribution in [0.1, 0.15) is 11.1 Å². The largest absolute Gasteiger partial charge is 0.468 e. The van der Waals surface area contributed by atoms with Crippen molar-refractivity contribution < 1.29 is 9.53 Å². The molecule has 0 aromatic heterocycles. The van der Waals surface area contributed by atoms with Crippen molar-refractivity contribution in [3.63, 3.8) is 0 Å². The molecule has 0 saturated heterocycles. The Kier molecular flexibility index (Phi) is 4.52. The van der Waals surface area contributed by atoms with Gasteiger partial charge in [0.15, 0.2) is 0 Å². The molecule has 0 aliphatic heterocycles. The molecule has 1 unspecified atom stereocenters. The Morgan fingerprint density at radius 2 is 2.12 bits per heavy atom. The zero-order valence-corrected chi connectivity index (χ0v) is 10.9. The van der Waals surface area contributed by atoms with E-state index in [4.69, 9.17) is 5.73 Å². The molecule has 0 amide bonds. The summed E-state index contributed by atoms with van der Waals surface area (Å²) in [6.07, 6.45) is 0. The molecule has 4 heteroatoms. The van der Waals surface area contributed by atoms with Crippen molar-refractivity contribution in [2.24, 2.45) is 5.73 Å². The fourth-order valence-electron chi connectivity index (χ4n) is 1.85. The number of nitrogens with two attached hydrogens (primary N) is 1. The van der Waals surface area contributed by atoms with E-state index in [1.165, 1.54) is 18.2 Å². The quantitative estimate of drug-likeness (QED) is 0.799. The van der Waals surface area contributed by atoms with Gasteiger partial charge in [0.05, 0.1) is 7.11 Å².